The van der Waals surface area contributed by atoms with Crippen molar-refractivity contribution in [2.75, 3.05) is 20.3 Å². The highest BCUT2D eigenvalue weighted by atomic mass is 19.1. The molecule has 1 aromatic carbocycles. The summed E-state index contributed by atoms with van der Waals surface area (Å²) in [6.07, 6.45) is 1.59. The second kappa shape index (κ2) is 9.06. The van der Waals surface area contributed by atoms with Crippen LogP contribution < -0.4 is 4.74 Å². The lowest BCUT2D eigenvalue weighted by Gasteiger charge is -2.09. The molecule has 0 bridgehead atoms. The Morgan fingerprint density at radius 1 is 1.13 bits per heavy atom. The van der Waals surface area contributed by atoms with Gasteiger partial charge in [-0.3, -0.25) is 4.79 Å². The fourth-order valence-electron chi connectivity index (χ4n) is 3.18. The minimum Gasteiger partial charge on any atom is -0.494 e. The van der Waals surface area contributed by atoms with E-state index in [0.717, 1.165) is 23.6 Å². The van der Waals surface area contributed by atoms with Gasteiger partial charge in [-0.2, -0.15) is 5.10 Å². The Balaban J connectivity index is 2.01. The number of Topliss-reactive ketones (excluding diaryl/α,β-unsaturated/α-hetero) is 1. The van der Waals surface area contributed by atoms with Gasteiger partial charge in [-0.25, -0.2) is 18.7 Å². The number of nitrogens with zero attached hydrogens (tertiary/aromatic N) is 2. The summed E-state index contributed by atoms with van der Waals surface area (Å²) in [5, 5.41) is 4.22. The van der Waals surface area contributed by atoms with Crippen LogP contribution in [0.4, 0.5) is 4.39 Å². The third kappa shape index (κ3) is 4.34. The smallest absolute Gasteiger partial charge is 0.359 e. The van der Waals surface area contributed by atoms with Gasteiger partial charge in [0.15, 0.2) is 28.7 Å². The van der Waals surface area contributed by atoms with Crippen LogP contribution in [0.3, 0.4) is 0 Å². The second-order valence-electron chi connectivity index (χ2n) is 6.76. The Kier molecular flexibility index (Phi) is 6.49. The number of ketones is 1. The van der Waals surface area contributed by atoms with Gasteiger partial charge in [0.25, 0.3) is 0 Å². The quantitative estimate of drug-likeness (QED) is 0.456. The molecule has 8 nitrogen and oxygen atoms in total. The van der Waals surface area contributed by atoms with E-state index in [0.29, 0.717) is 5.56 Å². The number of hydrogen-bond donors (Lipinski definition) is 0. The minimum absolute atomic E-state index is 0.0103. The van der Waals surface area contributed by atoms with Crippen molar-refractivity contribution in [3.8, 4) is 5.75 Å². The maximum atomic E-state index is 14.0. The van der Waals surface area contributed by atoms with Gasteiger partial charge in [0, 0.05) is 11.1 Å². The third-order valence-electron chi connectivity index (χ3n) is 4.68. The third-order valence-corrected chi connectivity index (χ3v) is 4.68. The molecule has 0 spiro atoms. The molecule has 3 rings (SSSR count). The number of carbonyl (C=O) groups is 3. The molecule has 0 radical (unpaired) electrons. The van der Waals surface area contributed by atoms with Gasteiger partial charge < -0.3 is 14.2 Å². The largest absolute Gasteiger partial charge is 0.494 e. The molecule has 0 amide bonds. The highest BCUT2D eigenvalue weighted by Crippen LogP contribution is 2.44. The minimum atomic E-state index is -0.680. The molecule has 30 heavy (non-hydrogen) atoms. The van der Waals surface area contributed by atoms with Gasteiger partial charge >= 0.3 is 11.9 Å². The summed E-state index contributed by atoms with van der Waals surface area (Å²) in [5.74, 6) is -2.50. The van der Waals surface area contributed by atoms with E-state index in [4.69, 9.17) is 14.2 Å². The fraction of sp³-hybridized carbons (Fsp3) is 0.429. The molecule has 0 N–H and O–H groups in total. The monoisotopic (exact) mass is 418 g/mol. The van der Waals surface area contributed by atoms with E-state index < -0.39 is 23.5 Å². The van der Waals surface area contributed by atoms with E-state index in [-0.39, 0.29) is 48.4 Å². The van der Waals surface area contributed by atoms with Crippen LogP contribution in [0, 0.1) is 5.82 Å². The molecule has 160 valence electrons. The van der Waals surface area contributed by atoms with Crippen molar-refractivity contribution < 1.29 is 33.0 Å². The molecule has 0 atom stereocenters. The number of halogens is 1. The zero-order chi connectivity index (χ0) is 21.8. The Morgan fingerprint density at radius 2 is 1.80 bits per heavy atom. The second-order valence-corrected chi connectivity index (χ2v) is 6.76. The first-order chi connectivity index (χ1) is 14.4. The number of aromatic nitrogens is 2. The van der Waals surface area contributed by atoms with Gasteiger partial charge in [0.05, 0.1) is 20.3 Å². The summed E-state index contributed by atoms with van der Waals surface area (Å²) < 4.78 is 30.2. The zero-order valence-electron chi connectivity index (χ0n) is 17.1. The van der Waals surface area contributed by atoms with Crippen molar-refractivity contribution >= 4 is 17.7 Å². The summed E-state index contributed by atoms with van der Waals surface area (Å²) in [6, 6.07) is 3.83. The number of rotatable bonds is 9. The van der Waals surface area contributed by atoms with Crippen LogP contribution in [-0.4, -0.2) is 47.8 Å². The van der Waals surface area contributed by atoms with Crippen LogP contribution in [0.2, 0.25) is 0 Å². The predicted octanol–water partition coefficient (Wildman–Crippen LogP) is 3.14. The molecule has 1 aliphatic carbocycles. The fourth-order valence-corrected chi connectivity index (χ4v) is 3.18. The van der Waals surface area contributed by atoms with Gasteiger partial charge in [-0.05, 0) is 50.8 Å². The van der Waals surface area contributed by atoms with Crippen molar-refractivity contribution in [2.24, 2.45) is 0 Å². The molecule has 0 unspecified atom stereocenters. The van der Waals surface area contributed by atoms with Crippen molar-refractivity contribution in [3.05, 3.63) is 46.5 Å². The lowest BCUT2D eigenvalue weighted by atomic mass is 10.1. The molecule has 1 aliphatic rings. The maximum Gasteiger partial charge on any atom is 0.359 e. The molecule has 1 aromatic heterocycles. The molecule has 0 aliphatic heterocycles. The van der Waals surface area contributed by atoms with E-state index in [1.54, 1.807) is 13.8 Å². The molecular formula is C21H23FN2O6. The Morgan fingerprint density at radius 3 is 2.37 bits per heavy atom. The zero-order valence-corrected chi connectivity index (χ0v) is 17.1. The molecule has 9 heteroatoms. The molecule has 0 saturated heterocycles. The van der Waals surface area contributed by atoms with E-state index in [1.807, 2.05) is 0 Å². The SMILES string of the molecule is CCOC(=O)c1nn(CC(=O)c2ccc(OC)c(F)c2)c(C(=O)OCC)c1C1CC1. The summed E-state index contributed by atoms with van der Waals surface area (Å²) in [5.41, 5.74) is 0.603. The van der Waals surface area contributed by atoms with Crippen molar-refractivity contribution in [2.45, 2.75) is 39.2 Å². The summed E-state index contributed by atoms with van der Waals surface area (Å²) in [6.45, 7) is 3.24. The van der Waals surface area contributed by atoms with Gasteiger partial charge in [0.2, 0.25) is 0 Å². The summed E-state index contributed by atoms with van der Waals surface area (Å²) in [7, 11) is 1.32. The summed E-state index contributed by atoms with van der Waals surface area (Å²) in [4.78, 5) is 37.8. The van der Waals surface area contributed by atoms with E-state index in [9.17, 15) is 18.8 Å². The van der Waals surface area contributed by atoms with Crippen molar-refractivity contribution in [3.63, 3.8) is 0 Å². The van der Waals surface area contributed by atoms with Crippen LogP contribution in [0.5, 0.6) is 5.75 Å². The van der Waals surface area contributed by atoms with E-state index in [1.165, 1.54) is 19.2 Å². The Hall–Kier alpha value is -3.23. The normalized spacial score (nSPS) is 13.1. The number of esters is 2. The van der Waals surface area contributed by atoms with Crippen molar-refractivity contribution in [1.82, 2.24) is 9.78 Å². The maximum absolute atomic E-state index is 14.0. The van der Waals surface area contributed by atoms with Crippen molar-refractivity contribution in [1.29, 1.82) is 0 Å². The number of benzene rings is 1. The van der Waals surface area contributed by atoms with Gasteiger partial charge in [-0.15, -0.1) is 0 Å². The highest BCUT2D eigenvalue weighted by Gasteiger charge is 2.38. The first kappa shape index (κ1) is 21.5. The van der Waals surface area contributed by atoms with E-state index >= 15 is 0 Å². The number of carbonyl (C=O) groups excluding carboxylic acids is 3. The predicted molar refractivity (Wildman–Crippen MR) is 103 cm³/mol. The molecule has 1 heterocycles. The molecule has 2 aromatic rings. The lowest BCUT2D eigenvalue weighted by molar-refractivity contribution is 0.0505. The van der Waals surface area contributed by atoms with Gasteiger partial charge in [-0.1, -0.05) is 0 Å². The number of ether oxygens (including phenoxy) is 3. The van der Waals surface area contributed by atoms with Crippen LogP contribution in [0.15, 0.2) is 18.2 Å². The average Bonchev–Trinajstić information content (AvgIpc) is 3.49. The number of methoxy groups -OCH3 is 1. The Bertz CT molecular complexity index is 980. The Labute approximate surface area is 172 Å². The number of hydrogen-bond acceptors (Lipinski definition) is 7. The first-order valence-corrected chi connectivity index (χ1v) is 9.72. The average molecular weight is 418 g/mol. The molecule has 1 saturated carbocycles. The van der Waals surface area contributed by atoms with E-state index in [2.05, 4.69) is 5.10 Å². The summed E-state index contributed by atoms with van der Waals surface area (Å²) >= 11 is 0. The molecule has 1 fully saturated rings. The van der Waals surface area contributed by atoms with Crippen LogP contribution >= 0.6 is 0 Å². The van der Waals surface area contributed by atoms with Gasteiger partial charge in [0.1, 0.15) is 6.54 Å². The first-order valence-electron chi connectivity index (χ1n) is 9.72. The molecular weight excluding hydrogens is 395 g/mol. The van der Waals surface area contributed by atoms with Crippen LogP contribution in [0.25, 0.3) is 0 Å². The standard InChI is InChI=1S/C21H23FN2O6/c1-4-29-20(26)18-17(12-6-7-12)19(21(27)30-5-2)24(23-18)11-15(25)13-8-9-16(28-3)14(22)10-13/h8-10,12H,4-7,11H2,1-3H3. The lowest BCUT2D eigenvalue weighted by Crippen LogP contribution is -2.19. The van der Waals surface area contributed by atoms with Crippen LogP contribution in [0.1, 0.15) is 69.5 Å². The highest BCUT2D eigenvalue weighted by molar-refractivity contribution is 5.99. The van der Waals surface area contributed by atoms with Crippen LogP contribution in [-0.2, 0) is 16.0 Å². The topological polar surface area (TPSA) is 96.7 Å².